The van der Waals surface area contributed by atoms with Gasteiger partial charge in [-0.1, -0.05) is 23.3 Å². The highest BCUT2D eigenvalue weighted by molar-refractivity contribution is 7.86. The first kappa shape index (κ1) is 37.7. The third-order valence-corrected chi connectivity index (χ3v) is 9.62. The number of nitro benzene ring substituents is 2. The highest BCUT2D eigenvalue weighted by Crippen LogP contribution is 2.35. The Morgan fingerprint density at radius 3 is 2.17 bits per heavy atom. The molecule has 21 nitrogen and oxygen atoms in total. The van der Waals surface area contributed by atoms with Crippen molar-refractivity contribution in [1.82, 2.24) is 15.0 Å². The van der Waals surface area contributed by atoms with Crippen LogP contribution in [0.4, 0.5) is 44.7 Å². The largest absolute Gasteiger partial charge is 0.478 e. The van der Waals surface area contributed by atoms with Crippen LogP contribution in [0.2, 0.25) is 0 Å². The van der Waals surface area contributed by atoms with Gasteiger partial charge in [-0.2, -0.15) is 21.2 Å². The summed E-state index contributed by atoms with van der Waals surface area (Å²) in [5.74, 6) is -3.82. The molecule has 2 aromatic carbocycles. The second-order valence-electron chi connectivity index (χ2n) is 11.2. The van der Waals surface area contributed by atoms with Crippen LogP contribution in [-0.4, -0.2) is 73.1 Å². The number of aromatic carboxylic acids is 1. The van der Waals surface area contributed by atoms with E-state index in [9.17, 15) is 60.5 Å². The summed E-state index contributed by atoms with van der Waals surface area (Å²) in [7, 11) is -9.81. The van der Waals surface area contributed by atoms with Crippen LogP contribution in [0, 0.1) is 26.0 Å². The molecule has 5 rings (SSSR count). The smallest absolute Gasteiger partial charge is 0.444 e. The van der Waals surface area contributed by atoms with E-state index >= 15 is 0 Å². The molecule has 0 spiro atoms. The molecule has 2 aromatic heterocycles. The number of anilines is 5. The van der Waals surface area contributed by atoms with E-state index in [1.807, 2.05) is 0 Å². The molecule has 1 aliphatic rings. The number of aromatic nitrogens is 4. The minimum atomic E-state index is -5.13. The molecule has 4 aromatic rings. The van der Waals surface area contributed by atoms with Crippen LogP contribution in [0.3, 0.4) is 0 Å². The number of carboxylic acids is 1. The molecule has 0 bridgehead atoms. The summed E-state index contributed by atoms with van der Waals surface area (Å²) >= 11 is 0. The number of rotatable bonds is 12. The van der Waals surface area contributed by atoms with Gasteiger partial charge in [0.15, 0.2) is 0 Å². The molecule has 24 heteroatoms. The molecule has 6 N–H and O–H groups in total. The Kier molecular flexibility index (Phi) is 10.2. The first-order chi connectivity index (χ1) is 24.7. The van der Waals surface area contributed by atoms with E-state index in [4.69, 9.17) is 0 Å². The minimum Gasteiger partial charge on any atom is -0.478 e. The summed E-state index contributed by atoms with van der Waals surface area (Å²) in [6.45, 7) is 3.32. The van der Waals surface area contributed by atoms with Gasteiger partial charge in [0.2, 0.25) is 5.82 Å². The highest BCUT2D eigenvalue weighted by atomic mass is 32.2. The van der Waals surface area contributed by atoms with E-state index < -0.39 is 86.8 Å². The first-order valence-corrected chi connectivity index (χ1v) is 17.5. The number of allylic oxidation sites excluding steroid dienone is 2. The zero-order valence-electron chi connectivity index (χ0n) is 26.9. The number of pyridine rings is 1. The molecular weight excluding hydrogens is 750 g/mol. The number of hydrogen-bond donors (Lipinski definition) is 6. The fourth-order valence-electron chi connectivity index (χ4n) is 4.98. The monoisotopic (exact) mass is 774 g/mol. The van der Waals surface area contributed by atoms with E-state index in [0.717, 1.165) is 29.0 Å². The Morgan fingerprint density at radius 1 is 0.887 bits per heavy atom. The molecule has 2 unspecified atom stereocenters. The van der Waals surface area contributed by atoms with Crippen LogP contribution in [0.15, 0.2) is 83.1 Å². The standard InChI is InChI=1S/C29H24FN9O12S2/c1-14-8-21(24(9-15(14)2)52(46,47)48)33-28-34-27(35-29(36-28)37-7-3-4-16(13-37)26(40)41)32-19-6-5-17(10-25(19)53(49,50)51)31-20-11-18(30)22(38(42)43)12-23(20)39(44)45/h3-13,21,24,31H,1-2H3,(H4-,32,33,34,35,36,40,41,46,47,48,49,50,51)/p+1. The molecule has 0 saturated heterocycles. The van der Waals surface area contributed by atoms with Crippen LogP contribution in [0.25, 0.3) is 5.95 Å². The number of nitrogens with zero attached hydrogens (tertiary/aromatic N) is 6. The van der Waals surface area contributed by atoms with Crippen molar-refractivity contribution in [2.24, 2.45) is 0 Å². The zero-order valence-corrected chi connectivity index (χ0v) is 28.5. The average molecular weight is 775 g/mol. The Balaban J connectivity index is 1.59. The van der Waals surface area contributed by atoms with Gasteiger partial charge in [-0.05, 0) is 54.1 Å². The fourth-order valence-corrected chi connectivity index (χ4v) is 6.55. The summed E-state index contributed by atoms with van der Waals surface area (Å²) < 4.78 is 85.2. The van der Waals surface area contributed by atoms with Crippen molar-refractivity contribution >= 4 is 66.5 Å². The van der Waals surface area contributed by atoms with Crippen LogP contribution in [0.5, 0.6) is 0 Å². The van der Waals surface area contributed by atoms with Crippen LogP contribution in [0.1, 0.15) is 24.2 Å². The van der Waals surface area contributed by atoms with Gasteiger partial charge in [-0.15, -0.1) is 4.98 Å². The molecule has 0 aliphatic heterocycles. The van der Waals surface area contributed by atoms with E-state index in [0.29, 0.717) is 23.3 Å². The van der Waals surface area contributed by atoms with Gasteiger partial charge < -0.3 is 21.1 Å². The highest BCUT2D eigenvalue weighted by Gasteiger charge is 2.34. The summed E-state index contributed by atoms with van der Waals surface area (Å²) in [5.41, 5.74) is -2.37. The van der Waals surface area contributed by atoms with Crippen LogP contribution in [-0.2, 0) is 20.2 Å². The Bertz CT molecular complexity index is 2500. The minimum absolute atomic E-state index is 0.195. The lowest BCUT2D eigenvalue weighted by Gasteiger charge is -2.25. The van der Waals surface area contributed by atoms with Crippen LogP contribution >= 0.6 is 0 Å². The molecule has 53 heavy (non-hydrogen) atoms. The van der Waals surface area contributed by atoms with E-state index in [1.165, 1.54) is 30.5 Å². The average Bonchev–Trinajstić information content (AvgIpc) is 3.05. The number of hydrogen-bond acceptors (Lipinski definition) is 15. The molecule has 0 fully saturated rings. The van der Waals surface area contributed by atoms with Crippen molar-refractivity contribution in [2.75, 3.05) is 16.0 Å². The Hall–Kier alpha value is -6.50. The quantitative estimate of drug-likeness (QED) is 0.0519. The molecule has 276 valence electrons. The number of nitro groups is 2. The van der Waals surface area contributed by atoms with Gasteiger partial charge in [-0.3, -0.25) is 29.3 Å². The Morgan fingerprint density at radius 2 is 1.55 bits per heavy atom. The lowest BCUT2D eigenvalue weighted by Crippen LogP contribution is -2.40. The van der Waals surface area contributed by atoms with Gasteiger partial charge >= 0.3 is 29.5 Å². The van der Waals surface area contributed by atoms with Gasteiger partial charge in [0.05, 0.1) is 45.6 Å². The number of carboxylic acid groups (broad SMARTS) is 1. The predicted molar refractivity (Wildman–Crippen MR) is 181 cm³/mol. The zero-order chi connectivity index (χ0) is 39.0. The number of nitrogens with one attached hydrogen (secondary N) is 3. The van der Waals surface area contributed by atoms with Gasteiger partial charge in [0, 0.05) is 11.8 Å². The SMILES string of the molecule is CC1=CC(Nc2nc(Nc3ccc(Nc4cc(F)c([N+](=O)[O-])cc4[N+](=O)[O-])cc3S(=O)(=O)O)nc(-[n+]3cccc(C(=O)O)c3)n2)C(S(=O)(=O)O)C=C1C. The van der Waals surface area contributed by atoms with Crippen molar-refractivity contribution in [3.8, 4) is 5.95 Å². The lowest BCUT2D eigenvalue weighted by atomic mass is 9.97. The molecule has 2 heterocycles. The van der Waals surface area contributed by atoms with Gasteiger partial charge in [0.25, 0.3) is 25.9 Å². The molecule has 2 atom stereocenters. The fraction of sp³-hybridized carbons (Fsp3) is 0.138. The third kappa shape index (κ3) is 8.52. The lowest BCUT2D eigenvalue weighted by molar-refractivity contribution is -0.603. The molecule has 1 aliphatic carbocycles. The van der Waals surface area contributed by atoms with Crippen molar-refractivity contribution < 1.29 is 54.6 Å². The molecular formula is C29H25FN9O12S2+. The summed E-state index contributed by atoms with van der Waals surface area (Å²) in [6.07, 6.45) is 5.29. The third-order valence-electron chi connectivity index (χ3n) is 7.61. The predicted octanol–water partition coefficient (Wildman–Crippen LogP) is 3.48. The Labute approximate surface area is 297 Å². The normalized spacial score (nSPS) is 15.9. The van der Waals surface area contributed by atoms with Crippen molar-refractivity contribution in [3.63, 3.8) is 0 Å². The second kappa shape index (κ2) is 14.3. The first-order valence-electron chi connectivity index (χ1n) is 14.6. The van der Waals surface area contributed by atoms with Gasteiger partial charge in [0.1, 0.15) is 15.8 Å². The van der Waals surface area contributed by atoms with Crippen molar-refractivity contribution in [2.45, 2.75) is 30.0 Å². The van der Waals surface area contributed by atoms with Gasteiger partial charge in [-0.25, -0.2) is 9.36 Å². The van der Waals surface area contributed by atoms with Crippen molar-refractivity contribution in [1.29, 1.82) is 0 Å². The summed E-state index contributed by atoms with van der Waals surface area (Å²) in [6, 6.07) is 5.26. The molecule has 0 amide bonds. The molecule has 0 radical (unpaired) electrons. The topological polar surface area (TPSA) is 311 Å². The molecule has 0 saturated carbocycles. The second-order valence-corrected chi connectivity index (χ2v) is 14.2. The summed E-state index contributed by atoms with van der Waals surface area (Å²) in [4.78, 5) is 43.9. The van der Waals surface area contributed by atoms with E-state index in [-0.39, 0.29) is 23.1 Å². The number of benzene rings is 2. The maximum atomic E-state index is 14.4. The van der Waals surface area contributed by atoms with Crippen LogP contribution < -0.4 is 20.5 Å². The van der Waals surface area contributed by atoms with E-state index in [2.05, 4.69) is 30.9 Å². The summed E-state index contributed by atoms with van der Waals surface area (Å²) in [5, 5.41) is 38.4. The number of halogens is 1. The maximum Gasteiger partial charge on any atom is 0.444 e. The maximum absolute atomic E-state index is 14.4. The number of carbonyl (C=O) groups is 1. The van der Waals surface area contributed by atoms with Crippen molar-refractivity contribution in [3.05, 3.63) is 110 Å². The van der Waals surface area contributed by atoms with E-state index in [1.54, 1.807) is 13.8 Å².